The maximum atomic E-state index is 3.72. The van der Waals surface area contributed by atoms with Gasteiger partial charge in [0.1, 0.15) is 0 Å². The fourth-order valence-corrected chi connectivity index (χ4v) is 9.49. The van der Waals surface area contributed by atoms with Crippen LogP contribution in [0.1, 0.15) is 63.5 Å². The van der Waals surface area contributed by atoms with Crippen LogP contribution in [0.3, 0.4) is 0 Å². The maximum absolute atomic E-state index is 3.72. The van der Waals surface area contributed by atoms with Crippen molar-refractivity contribution in [2.45, 2.75) is 52.4 Å². The van der Waals surface area contributed by atoms with E-state index in [0.29, 0.717) is 11.8 Å². The number of aromatic nitrogens is 3. The lowest BCUT2D eigenvalue weighted by Gasteiger charge is -2.10. The van der Waals surface area contributed by atoms with Crippen molar-refractivity contribution in [2.24, 2.45) is 0 Å². The maximum Gasteiger partial charge on any atom is 0.0541 e. The Bertz CT molecular complexity index is 3150. The van der Waals surface area contributed by atoms with Crippen molar-refractivity contribution in [3.05, 3.63) is 181 Å². The molecule has 0 radical (unpaired) electrons. The normalized spacial score (nSPS) is 13.1. The molecule has 2 atom stereocenters. The van der Waals surface area contributed by atoms with Gasteiger partial charge in [0.2, 0.25) is 0 Å². The Balaban J connectivity index is 1.05. The smallest absolute Gasteiger partial charge is 0.0541 e. The van der Waals surface area contributed by atoms with Crippen molar-refractivity contribution in [3.63, 3.8) is 0 Å². The van der Waals surface area contributed by atoms with E-state index in [2.05, 4.69) is 212 Å². The number of rotatable bonds is 8. The van der Waals surface area contributed by atoms with E-state index in [1.807, 2.05) is 0 Å². The molecule has 11 rings (SSSR count). The van der Waals surface area contributed by atoms with Crippen molar-refractivity contribution in [1.29, 1.82) is 0 Å². The summed E-state index contributed by atoms with van der Waals surface area (Å²) < 4.78 is 4.83. The van der Waals surface area contributed by atoms with E-state index in [1.165, 1.54) is 99.1 Å². The van der Waals surface area contributed by atoms with Gasteiger partial charge in [-0.05, 0) is 155 Å². The van der Waals surface area contributed by atoms with Gasteiger partial charge in [0.25, 0.3) is 0 Å². The van der Waals surface area contributed by atoms with Gasteiger partial charge in [0, 0.05) is 54.7 Å². The van der Waals surface area contributed by atoms with Gasteiger partial charge in [0.15, 0.2) is 0 Å². The van der Waals surface area contributed by atoms with Crippen LogP contribution in [0.15, 0.2) is 170 Å². The first kappa shape index (κ1) is 35.3. The molecule has 3 heterocycles. The highest BCUT2D eigenvalue weighted by Gasteiger charge is 2.18. The molecular formula is C56H47N3. The second-order valence-corrected chi connectivity index (χ2v) is 16.6. The van der Waals surface area contributed by atoms with Gasteiger partial charge in [-0.2, -0.15) is 0 Å². The molecule has 0 bridgehead atoms. The summed E-state index contributed by atoms with van der Waals surface area (Å²) >= 11 is 0. The first-order valence-corrected chi connectivity index (χ1v) is 21.3. The summed E-state index contributed by atoms with van der Waals surface area (Å²) in [6, 6.07) is 63.5. The van der Waals surface area contributed by atoms with Crippen LogP contribution in [-0.4, -0.2) is 14.1 Å². The second kappa shape index (κ2) is 13.9. The quantitative estimate of drug-likeness (QED) is 0.160. The van der Waals surface area contributed by atoms with Gasteiger partial charge in [0.05, 0.1) is 22.1 Å². The summed E-state index contributed by atoms with van der Waals surface area (Å²) in [6.07, 6.45) is 2.24. The first-order chi connectivity index (χ1) is 29.0. The number of fused-ring (bicyclic) bond motifs is 9. The Kier molecular flexibility index (Phi) is 8.34. The predicted molar refractivity (Wildman–Crippen MR) is 253 cm³/mol. The third kappa shape index (κ3) is 5.71. The van der Waals surface area contributed by atoms with Crippen LogP contribution < -0.4 is 0 Å². The van der Waals surface area contributed by atoms with E-state index in [4.69, 9.17) is 0 Å². The molecular weight excluding hydrogens is 715 g/mol. The standard InChI is InChI=1S/C56H47N3/c1-5-35(3)37-19-25-53-47(29-37)49-33-41(21-27-55(49)58(53)43-13-9-7-10-14-43)39-17-23-51-45(31-39)46-32-40(18-24-52(46)57-51)42-22-28-56-50(34-42)48-30-38(36(4)6-2)20-26-54(48)59(56)44-15-11-8-12-16-44/h7-36,57H,5-6H2,1-4H3/t35-,36?/m1/s1. The molecule has 59 heavy (non-hydrogen) atoms. The zero-order valence-corrected chi connectivity index (χ0v) is 34.1. The van der Waals surface area contributed by atoms with Gasteiger partial charge < -0.3 is 14.1 Å². The van der Waals surface area contributed by atoms with E-state index in [-0.39, 0.29) is 0 Å². The molecule has 3 aromatic heterocycles. The molecule has 1 unspecified atom stereocenters. The molecule has 286 valence electrons. The fourth-order valence-electron chi connectivity index (χ4n) is 9.49. The van der Waals surface area contributed by atoms with Crippen molar-refractivity contribution in [3.8, 4) is 33.6 Å². The first-order valence-electron chi connectivity index (χ1n) is 21.3. The van der Waals surface area contributed by atoms with E-state index in [0.717, 1.165) is 23.9 Å². The molecule has 0 saturated carbocycles. The van der Waals surface area contributed by atoms with Crippen LogP contribution in [-0.2, 0) is 0 Å². The van der Waals surface area contributed by atoms with Gasteiger partial charge in [-0.15, -0.1) is 0 Å². The Morgan fingerprint density at radius 1 is 0.373 bits per heavy atom. The average molecular weight is 762 g/mol. The SMILES string of the molecule is CCC(C)c1ccc2c(c1)c1cc(-c3ccc4[nH]c5ccc(-c6ccc7c(c6)c6cc([C@H](C)CC)ccc6n7-c6ccccc6)cc5c4c3)ccc1n2-c1ccccc1. The summed E-state index contributed by atoms with van der Waals surface area (Å²) in [6.45, 7) is 9.21. The Hall–Kier alpha value is -6.84. The minimum absolute atomic E-state index is 0.506. The van der Waals surface area contributed by atoms with Crippen molar-refractivity contribution in [1.82, 2.24) is 14.1 Å². The lowest BCUT2D eigenvalue weighted by Crippen LogP contribution is -1.94. The molecule has 0 aliphatic carbocycles. The van der Waals surface area contributed by atoms with E-state index in [1.54, 1.807) is 0 Å². The van der Waals surface area contributed by atoms with Crippen LogP contribution in [0, 0.1) is 0 Å². The lowest BCUT2D eigenvalue weighted by atomic mass is 9.95. The number of nitrogens with zero attached hydrogens (tertiary/aromatic N) is 2. The molecule has 11 aromatic rings. The van der Waals surface area contributed by atoms with Crippen LogP contribution in [0.5, 0.6) is 0 Å². The van der Waals surface area contributed by atoms with E-state index in [9.17, 15) is 0 Å². The number of hydrogen-bond acceptors (Lipinski definition) is 0. The third-order valence-corrected chi connectivity index (χ3v) is 13.2. The fraction of sp³-hybridized carbons (Fsp3) is 0.143. The molecule has 8 aromatic carbocycles. The molecule has 0 saturated heterocycles. The molecule has 0 aliphatic heterocycles. The highest BCUT2D eigenvalue weighted by molar-refractivity contribution is 6.14. The van der Waals surface area contributed by atoms with Crippen LogP contribution in [0.25, 0.3) is 99.0 Å². The third-order valence-electron chi connectivity index (χ3n) is 13.2. The van der Waals surface area contributed by atoms with E-state index < -0.39 is 0 Å². The summed E-state index contributed by atoms with van der Waals surface area (Å²) in [7, 11) is 0. The lowest BCUT2D eigenvalue weighted by molar-refractivity contribution is 0.735. The highest BCUT2D eigenvalue weighted by atomic mass is 15.0. The van der Waals surface area contributed by atoms with E-state index >= 15 is 0 Å². The molecule has 0 fully saturated rings. The Morgan fingerprint density at radius 3 is 1.10 bits per heavy atom. The summed E-state index contributed by atoms with van der Waals surface area (Å²) in [5, 5.41) is 7.67. The summed E-state index contributed by atoms with van der Waals surface area (Å²) in [5.41, 5.74) is 17.3. The number of aromatic amines is 1. The molecule has 0 amide bonds. The number of hydrogen-bond donors (Lipinski definition) is 1. The summed E-state index contributed by atoms with van der Waals surface area (Å²) in [4.78, 5) is 3.72. The Morgan fingerprint density at radius 2 is 0.712 bits per heavy atom. The minimum atomic E-state index is 0.506. The highest BCUT2D eigenvalue weighted by Crippen LogP contribution is 2.40. The van der Waals surface area contributed by atoms with Crippen molar-refractivity contribution in [2.75, 3.05) is 0 Å². The van der Waals surface area contributed by atoms with Crippen molar-refractivity contribution < 1.29 is 0 Å². The minimum Gasteiger partial charge on any atom is -0.355 e. The molecule has 0 aliphatic rings. The predicted octanol–water partition coefficient (Wildman–Crippen LogP) is 15.9. The number of nitrogens with one attached hydrogen (secondary N) is 1. The second-order valence-electron chi connectivity index (χ2n) is 16.6. The number of para-hydroxylation sites is 2. The van der Waals surface area contributed by atoms with Gasteiger partial charge in [-0.25, -0.2) is 0 Å². The van der Waals surface area contributed by atoms with Gasteiger partial charge >= 0.3 is 0 Å². The number of H-pyrrole nitrogens is 1. The van der Waals surface area contributed by atoms with Crippen LogP contribution >= 0.6 is 0 Å². The molecule has 1 N–H and O–H groups in total. The summed E-state index contributed by atoms with van der Waals surface area (Å²) in [5.74, 6) is 1.01. The molecule has 3 nitrogen and oxygen atoms in total. The van der Waals surface area contributed by atoms with Crippen LogP contribution in [0.2, 0.25) is 0 Å². The van der Waals surface area contributed by atoms with Gasteiger partial charge in [-0.1, -0.05) is 100 Å². The number of benzene rings is 8. The Labute approximate surface area is 345 Å². The largest absolute Gasteiger partial charge is 0.355 e. The monoisotopic (exact) mass is 761 g/mol. The average Bonchev–Trinajstić information content (AvgIpc) is 3.94. The molecule has 0 spiro atoms. The van der Waals surface area contributed by atoms with Crippen molar-refractivity contribution >= 4 is 65.4 Å². The topological polar surface area (TPSA) is 25.6 Å². The zero-order valence-electron chi connectivity index (χ0n) is 34.1. The van der Waals surface area contributed by atoms with Crippen LogP contribution in [0.4, 0.5) is 0 Å². The van der Waals surface area contributed by atoms with Gasteiger partial charge in [-0.3, -0.25) is 0 Å². The zero-order chi connectivity index (χ0) is 39.8. The molecule has 3 heteroatoms.